The number of benzene rings is 1. The van der Waals surface area contributed by atoms with E-state index in [-0.39, 0.29) is 0 Å². The molecule has 1 aliphatic rings. The zero-order chi connectivity index (χ0) is 12.1. The Morgan fingerprint density at radius 3 is 2.88 bits per heavy atom. The molecular formula is C14H21NO2. The summed E-state index contributed by atoms with van der Waals surface area (Å²) in [5.41, 5.74) is 7.67. The molecule has 3 heteroatoms. The Kier molecular flexibility index (Phi) is 4.40. The molecule has 0 heterocycles. The summed E-state index contributed by atoms with van der Waals surface area (Å²) in [5.74, 6) is 0. The third kappa shape index (κ3) is 3.72. The van der Waals surface area contributed by atoms with Crippen molar-refractivity contribution in [1.29, 1.82) is 0 Å². The molecule has 1 aromatic carbocycles. The van der Waals surface area contributed by atoms with Crippen LogP contribution in [0.1, 0.15) is 31.2 Å². The van der Waals surface area contributed by atoms with E-state index < -0.39 is 0 Å². The molecule has 0 saturated heterocycles. The van der Waals surface area contributed by atoms with Crippen LogP contribution in [0.25, 0.3) is 0 Å². The molecule has 0 aliphatic heterocycles. The van der Waals surface area contributed by atoms with E-state index in [1.54, 1.807) is 7.11 Å². The van der Waals surface area contributed by atoms with Crippen molar-refractivity contribution in [3.63, 3.8) is 0 Å². The van der Waals surface area contributed by atoms with Crippen LogP contribution in [0.5, 0.6) is 0 Å². The highest BCUT2D eigenvalue weighted by atomic mass is 16.5. The molecule has 2 atom stereocenters. The molecule has 1 saturated carbocycles. The number of anilines is 1. The molecule has 0 radical (unpaired) electrons. The molecule has 1 fully saturated rings. The summed E-state index contributed by atoms with van der Waals surface area (Å²) >= 11 is 0. The normalized spacial score (nSPS) is 24.8. The van der Waals surface area contributed by atoms with Gasteiger partial charge in [-0.2, -0.15) is 0 Å². The third-order valence-corrected chi connectivity index (χ3v) is 3.35. The summed E-state index contributed by atoms with van der Waals surface area (Å²) in [6, 6.07) is 7.88. The Morgan fingerprint density at radius 1 is 1.29 bits per heavy atom. The minimum atomic E-state index is 0.329. The average molecular weight is 235 g/mol. The van der Waals surface area contributed by atoms with Crippen LogP contribution in [0.2, 0.25) is 0 Å². The standard InChI is InChI=1S/C14H21NO2/c1-16-13-6-3-7-14(9-13)17-10-11-4-2-5-12(15)8-11/h2,4-5,8,13-14H,3,6-7,9-10,15H2,1H3. The maximum absolute atomic E-state index is 5.92. The minimum absolute atomic E-state index is 0.329. The summed E-state index contributed by atoms with van der Waals surface area (Å²) in [7, 11) is 1.78. The molecule has 1 aromatic rings. The van der Waals surface area contributed by atoms with Gasteiger partial charge in [0.05, 0.1) is 18.8 Å². The average Bonchev–Trinajstić information content (AvgIpc) is 2.37. The maximum atomic E-state index is 5.92. The quantitative estimate of drug-likeness (QED) is 0.816. The Balaban J connectivity index is 1.81. The lowest BCUT2D eigenvalue weighted by Gasteiger charge is -2.28. The van der Waals surface area contributed by atoms with Crippen LogP contribution < -0.4 is 5.73 Å². The Hall–Kier alpha value is -1.06. The van der Waals surface area contributed by atoms with Crippen molar-refractivity contribution >= 4 is 5.69 Å². The van der Waals surface area contributed by atoms with E-state index in [1.807, 2.05) is 24.3 Å². The van der Waals surface area contributed by atoms with Crippen molar-refractivity contribution in [3.8, 4) is 0 Å². The summed E-state index contributed by atoms with van der Waals surface area (Å²) < 4.78 is 11.3. The molecule has 2 unspecified atom stereocenters. The number of rotatable bonds is 4. The Bertz CT molecular complexity index is 354. The van der Waals surface area contributed by atoms with E-state index in [0.717, 1.165) is 30.5 Å². The first-order valence-corrected chi connectivity index (χ1v) is 6.26. The van der Waals surface area contributed by atoms with E-state index in [1.165, 1.54) is 6.42 Å². The second kappa shape index (κ2) is 6.03. The molecule has 94 valence electrons. The van der Waals surface area contributed by atoms with Gasteiger partial charge in [0.15, 0.2) is 0 Å². The van der Waals surface area contributed by atoms with E-state index in [2.05, 4.69) is 0 Å². The molecular weight excluding hydrogens is 214 g/mol. The van der Waals surface area contributed by atoms with Gasteiger partial charge in [0.2, 0.25) is 0 Å². The van der Waals surface area contributed by atoms with Crippen molar-refractivity contribution in [2.24, 2.45) is 0 Å². The zero-order valence-electron chi connectivity index (χ0n) is 10.4. The van der Waals surface area contributed by atoms with Crippen LogP contribution in [-0.4, -0.2) is 19.3 Å². The van der Waals surface area contributed by atoms with Crippen LogP contribution in [0.4, 0.5) is 5.69 Å². The molecule has 1 aliphatic carbocycles. The molecule has 3 nitrogen and oxygen atoms in total. The predicted molar refractivity (Wildman–Crippen MR) is 68.7 cm³/mol. The zero-order valence-corrected chi connectivity index (χ0v) is 10.4. The number of methoxy groups -OCH3 is 1. The number of ether oxygens (including phenoxy) is 2. The van der Waals surface area contributed by atoms with Gasteiger partial charge in [-0.15, -0.1) is 0 Å². The second-order valence-electron chi connectivity index (χ2n) is 4.70. The molecule has 0 amide bonds. The SMILES string of the molecule is COC1CCCC(OCc2cccc(N)c2)C1. The topological polar surface area (TPSA) is 44.5 Å². The van der Waals surface area contributed by atoms with Gasteiger partial charge in [0.25, 0.3) is 0 Å². The fourth-order valence-corrected chi connectivity index (χ4v) is 2.36. The van der Waals surface area contributed by atoms with Crippen LogP contribution in [0.15, 0.2) is 24.3 Å². The van der Waals surface area contributed by atoms with Crippen LogP contribution in [-0.2, 0) is 16.1 Å². The third-order valence-electron chi connectivity index (χ3n) is 3.35. The Morgan fingerprint density at radius 2 is 2.12 bits per heavy atom. The predicted octanol–water partition coefficient (Wildman–Crippen LogP) is 2.74. The minimum Gasteiger partial charge on any atom is -0.399 e. The van der Waals surface area contributed by atoms with Gasteiger partial charge in [-0.25, -0.2) is 0 Å². The summed E-state index contributed by atoms with van der Waals surface area (Å²) in [6.07, 6.45) is 5.21. The smallest absolute Gasteiger partial charge is 0.0721 e. The Labute approximate surface area is 103 Å². The first kappa shape index (κ1) is 12.4. The first-order valence-electron chi connectivity index (χ1n) is 6.26. The van der Waals surface area contributed by atoms with E-state index in [4.69, 9.17) is 15.2 Å². The molecule has 0 spiro atoms. The van der Waals surface area contributed by atoms with Gasteiger partial charge >= 0.3 is 0 Å². The molecule has 17 heavy (non-hydrogen) atoms. The first-order chi connectivity index (χ1) is 8.28. The van der Waals surface area contributed by atoms with Gasteiger partial charge in [-0.05, 0) is 43.4 Å². The van der Waals surface area contributed by atoms with Crippen LogP contribution in [0.3, 0.4) is 0 Å². The highest BCUT2D eigenvalue weighted by Crippen LogP contribution is 2.24. The van der Waals surface area contributed by atoms with Crippen LogP contribution in [0, 0.1) is 0 Å². The maximum Gasteiger partial charge on any atom is 0.0721 e. The monoisotopic (exact) mass is 235 g/mol. The van der Waals surface area contributed by atoms with E-state index >= 15 is 0 Å². The van der Waals surface area contributed by atoms with Crippen molar-refractivity contribution in [1.82, 2.24) is 0 Å². The lowest BCUT2D eigenvalue weighted by atomic mass is 9.95. The lowest BCUT2D eigenvalue weighted by Crippen LogP contribution is -2.27. The second-order valence-corrected chi connectivity index (χ2v) is 4.70. The largest absolute Gasteiger partial charge is 0.399 e. The van der Waals surface area contributed by atoms with Gasteiger partial charge in [0.1, 0.15) is 0 Å². The van der Waals surface area contributed by atoms with Crippen molar-refractivity contribution in [2.75, 3.05) is 12.8 Å². The number of hydrogen-bond donors (Lipinski definition) is 1. The summed E-state index contributed by atoms with van der Waals surface area (Å²) in [6.45, 7) is 0.645. The van der Waals surface area contributed by atoms with E-state index in [9.17, 15) is 0 Å². The number of nitrogens with two attached hydrogens (primary N) is 1. The summed E-state index contributed by atoms with van der Waals surface area (Å²) in [5, 5.41) is 0. The van der Waals surface area contributed by atoms with Crippen molar-refractivity contribution < 1.29 is 9.47 Å². The van der Waals surface area contributed by atoms with Gasteiger partial charge in [-0.3, -0.25) is 0 Å². The van der Waals surface area contributed by atoms with Crippen LogP contribution >= 0.6 is 0 Å². The van der Waals surface area contributed by atoms with Crippen molar-refractivity contribution in [3.05, 3.63) is 29.8 Å². The number of hydrogen-bond acceptors (Lipinski definition) is 3. The number of nitrogen functional groups attached to an aromatic ring is 1. The fourth-order valence-electron chi connectivity index (χ4n) is 2.36. The van der Waals surface area contributed by atoms with Gasteiger partial charge in [-0.1, -0.05) is 12.1 Å². The fraction of sp³-hybridized carbons (Fsp3) is 0.571. The molecule has 0 aromatic heterocycles. The molecule has 2 rings (SSSR count). The van der Waals surface area contributed by atoms with Crippen molar-refractivity contribution in [2.45, 2.75) is 44.5 Å². The lowest BCUT2D eigenvalue weighted by molar-refractivity contribution is -0.0363. The van der Waals surface area contributed by atoms with Gasteiger partial charge in [0, 0.05) is 12.8 Å². The highest BCUT2D eigenvalue weighted by Gasteiger charge is 2.21. The molecule has 2 N–H and O–H groups in total. The highest BCUT2D eigenvalue weighted by molar-refractivity contribution is 5.40. The van der Waals surface area contributed by atoms with E-state index in [0.29, 0.717) is 18.8 Å². The molecule has 0 bridgehead atoms. The van der Waals surface area contributed by atoms with Gasteiger partial charge < -0.3 is 15.2 Å². The summed E-state index contributed by atoms with van der Waals surface area (Å²) in [4.78, 5) is 0.